The van der Waals surface area contributed by atoms with Gasteiger partial charge in [0.25, 0.3) is 5.56 Å². The van der Waals surface area contributed by atoms with Crippen molar-refractivity contribution in [1.29, 1.82) is 0 Å². The summed E-state index contributed by atoms with van der Waals surface area (Å²) in [7, 11) is 1.60. The van der Waals surface area contributed by atoms with Gasteiger partial charge >= 0.3 is 0 Å². The van der Waals surface area contributed by atoms with E-state index >= 15 is 0 Å². The molecule has 4 aromatic rings. The van der Waals surface area contributed by atoms with Gasteiger partial charge in [-0.15, -0.1) is 21.5 Å². The molecule has 1 aromatic carbocycles. The van der Waals surface area contributed by atoms with E-state index in [0.717, 1.165) is 11.3 Å². The minimum Gasteiger partial charge on any atom is -0.497 e. The third-order valence-electron chi connectivity index (χ3n) is 4.44. The summed E-state index contributed by atoms with van der Waals surface area (Å²) in [4.78, 5) is 25.3. The molecule has 0 atom stereocenters. The lowest BCUT2D eigenvalue weighted by molar-refractivity contribution is -0.113. The van der Waals surface area contributed by atoms with Crippen LogP contribution in [0.25, 0.3) is 16.0 Å². The molecule has 1 N–H and O–H groups in total. The van der Waals surface area contributed by atoms with Crippen LogP contribution in [0.15, 0.2) is 45.7 Å². The molecule has 0 aliphatic rings. The lowest BCUT2D eigenvalue weighted by Crippen LogP contribution is -2.24. The highest BCUT2D eigenvalue weighted by atomic mass is 32.2. The molecule has 3 heterocycles. The number of nitrogens with one attached hydrogen (secondary N) is 1. The minimum atomic E-state index is -0.154. The molecule has 30 heavy (non-hydrogen) atoms. The van der Waals surface area contributed by atoms with Crippen molar-refractivity contribution in [2.45, 2.75) is 25.5 Å². The topological polar surface area (TPSA) is 90.5 Å². The van der Waals surface area contributed by atoms with Crippen molar-refractivity contribution in [3.8, 4) is 5.75 Å². The second-order valence-corrected chi connectivity index (χ2v) is 8.99. The van der Waals surface area contributed by atoms with Gasteiger partial charge in [-0.25, -0.2) is 0 Å². The number of rotatable bonds is 7. The molecule has 8 nitrogen and oxygen atoms in total. The number of benzene rings is 1. The highest BCUT2D eigenvalue weighted by molar-refractivity contribution is 7.99. The van der Waals surface area contributed by atoms with E-state index in [4.69, 9.17) is 4.74 Å². The Morgan fingerprint density at radius 3 is 2.70 bits per heavy atom. The second kappa shape index (κ2) is 8.49. The molecule has 4 rings (SSSR count). The van der Waals surface area contributed by atoms with Crippen LogP contribution in [0.5, 0.6) is 5.75 Å². The molecular formula is C20H21N5O3S2. The third-order valence-corrected chi connectivity index (χ3v) is 6.26. The maximum Gasteiger partial charge on any atom is 0.272 e. The van der Waals surface area contributed by atoms with Crippen molar-refractivity contribution < 1.29 is 9.53 Å². The summed E-state index contributed by atoms with van der Waals surface area (Å²) in [5, 5.41) is 13.8. The standard InChI is InChI=1S/C20H21N5O3S2/c1-12(2)10-24-18(27)17-15(8-9-29-17)25-19(24)22-23-20(25)30-11-16(26)21-13-4-6-14(28-3)7-5-13/h4-9,12H,10-11H2,1-3H3,(H,21,26). The predicted octanol–water partition coefficient (Wildman–Crippen LogP) is 3.50. The van der Waals surface area contributed by atoms with Crippen molar-refractivity contribution in [2.75, 3.05) is 18.2 Å². The molecule has 3 aromatic heterocycles. The number of amides is 1. The van der Waals surface area contributed by atoms with Crippen LogP contribution in [0.3, 0.4) is 0 Å². The molecule has 0 aliphatic heterocycles. The molecule has 156 valence electrons. The highest BCUT2D eigenvalue weighted by Crippen LogP contribution is 2.25. The number of hydrogen-bond acceptors (Lipinski definition) is 7. The van der Waals surface area contributed by atoms with E-state index in [-0.39, 0.29) is 23.1 Å². The van der Waals surface area contributed by atoms with E-state index in [1.165, 1.54) is 23.1 Å². The number of thiophene rings is 1. The Labute approximate surface area is 180 Å². The van der Waals surface area contributed by atoms with E-state index in [0.29, 0.717) is 27.9 Å². The van der Waals surface area contributed by atoms with Crippen LogP contribution >= 0.6 is 23.1 Å². The molecular weight excluding hydrogens is 422 g/mol. The molecule has 10 heteroatoms. The van der Waals surface area contributed by atoms with E-state index in [2.05, 4.69) is 29.4 Å². The minimum absolute atomic E-state index is 0.0533. The zero-order valence-corrected chi connectivity index (χ0v) is 18.4. The van der Waals surface area contributed by atoms with Gasteiger partial charge in [-0.3, -0.25) is 18.6 Å². The second-order valence-electron chi connectivity index (χ2n) is 7.13. The van der Waals surface area contributed by atoms with Crippen molar-refractivity contribution in [3.05, 3.63) is 46.1 Å². The molecule has 0 radical (unpaired) electrons. The van der Waals surface area contributed by atoms with Crippen LogP contribution in [-0.4, -0.2) is 37.9 Å². The fourth-order valence-electron chi connectivity index (χ4n) is 3.12. The summed E-state index contributed by atoms with van der Waals surface area (Å²) in [5.41, 5.74) is 1.41. The Kier molecular flexibility index (Phi) is 5.78. The maximum absolute atomic E-state index is 12.9. The van der Waals surface area contributed by atoms with Crippen molar-refractivity contribution >= 4 is 50.7 Å². The van der Waals surface area contributed by atoms with Crippen LogP contribution in [0.2, 0.25) is 0 Å². The van der Waals surface area contributed by atoms with E-state index in [1.54, 1.807) is 35.9 Å². The maximum atomic E-state index is 12.9. The summed E-state index contributed by atoms with van der Waals surface area (Å²) in [6.07, 6.45) is 0. The van der Waals surface area contributed by atoms with Crippen molar-refractivity contribution in [1.82, 2.24) is 19.2 Å². The fourth-order valence-corrected chi connectivity index (χ4v) is 4.69. The quantitative estimate of drug-likeness (QED) is 0.440. The van der Waals surface area contributed by atoms with Crippen molar-refractivity contribution in [3.63, 3.8) is 0 Å². The third kappa shape index (κ3) is 3.92. The summed E-state index contributed by atoms with van der Waals surface area (Å²) in [6, 6.07) is 9.03. The summed E-state index contributed by atoms with van der Waals surface area (Å²) < 4.78 is 9.31. The number of carbonyl (C=O) groups is 1. The van der Waals surface area contributed by atoms with Crippen LogP contribution in [0.1, 0.15) is 13.8 Å². The molecule has 0 saturated carbocycles. The van der Waals surface area contributed by atoms with Crippen molar-refractivity contribution in [2.24, 2.45) is 5.92 Å². The average molecular weight is 444 g/mol. The van der Waals surface area contributed by atoms with Gasteiger partial charge in [0, 0.05) is 12.2 Å². The molecule has 0 saturated heterocycles. The van der Waals surface area contributed by atoms with Crippen LogP contribution < -0.4 is 15.6 Å². The monoisotopic (exact) mass is 443 g/mol. The Balaban J connectivity index is 1.59. The molecule has 0 spiro atoms. The first kappa shape index (κ1) is 20.4. The number of fused-ring (bicyclic) bond motifs is 3. The van der Waals surface area contributed by atoms with Crippen LogP contribution in [0.4, 0.5) is 5.69 Å². The normalized spacial score (nSPS) is 11.5. The number of thioether (sulfide) groups is 1. The molecule has 0 bridgehead atoms. The molecule has 0 aliphatic carbocycles. The Hall–Kier alpha value is -2.85. The largest absolute Gasteiger partial charge is 0.497 e. The number of ether oxygens (including phenoxy) is 1. The first-order valence-electron chi connectivity index (χ1n) is 9.39. The Morgan fingerprint density at radius 2 is 2.00 bits per heavy atom. The summed E-state index contributed by atoms with van der Waals surface area (Å²) >= 11 is 2.69. The summed E-state index contributed by atoms with van der Waals surface area (Å²) in [5.74, 6) is 1.52. The molecule has 1 amide bonds. The molecule has 0 fully saturated rings. The van der Waals surface area contributed by atoms with E-state index in [1.807, 2.05) is 15.8 Å². The first-order valence-corrected chi connectivity index (χ1v) is 11.3. The fraction of sp³-hybridized carbons (Fsp3) is 0.300. The molecule has 0 unspecified atom stereocenters. The Bertz CT molecular complexity index is 1260. The number of anilines is 1. The smallest absolute Gasteiger partial charge is 0.272 e. The van der Waals surface area contributed by atoms with E-state index in [9.17, 15) is 9.59 Å². The number of hydrogen-bond donors (Lipinski definition) is 1. The first-order chi connectivity index (χ1) is 14.5. The van der Waals surface area contributed by atoms with Gasteiger partial charge in [0.2, 0.25) is 11.7 Å². The van der Waals surface area contributed by atoms with Gasteiger partial charge in [0.15, 0.2) is 5.16 Å². The van der Waals surface area contributed by atoms with Gasteiger partial charge in [-0.05, 0) is 41.6 Å². The average Bonchev–Trinajstić information content (AvgIpc) is 3.37. The lowest BCUT2D eigenvalue weighted by atomic mass is 10.2. The Morgan fingerprint density at radius 1 is 1.23 bits per heavy atom. The van der Waals surface area contributed by atoms with Crippen LogP contribution in [-0.2, 0) is 11.3 Å². The predicted molar refractivity (Wildman–Crippen MR) is 120 cm³/mol. The lowest BCUT2D eigenvalue weighted by Gasteiger charge is -2.11. The van der Waals surface area contributed by atoms with Gasteiger partial charge in [-0.1, -0.05) is 25.6 Å². The number of carbonyl (C=O) groups excluding carboxylic acids is 1. The summed E-state index contributed by atoms with van der Waals surface area (Å²) in [6.45, 7) is 4.66. The number of methoxy groups -OCH3 is 1. The van der Waals surface area contributed by atoms with Gasteiger partial charge < -0.3 is 10.1 Å². The highest BCUT2D eigenvalue weighted by Gasteiger charge is 2.19. The zero-order valence-electron chi connectivity index (χ0n) is 16.8. The van der Waals surface area contributed by atoms with Gasteiger partial charge in [0.1, 0.15) is 10.4 Å². The zero-order chi connectivity index (χ0) is 21.3. The number of nitrogens with zero attached hydrogens (tertiary/aromatic N) is 4. The van der Waals surface area contributed by atoms with Crippen LogP contribution in [0, 0.1) is 5.92 Å². The van der Waals surface area contributed by atoms with Gasteiger partial charge in [-0.2, -0.15) is 0 Å². The van der Waals surface area contributed by atoms with E-state index < -0.39 is 0 Å². The SMILES string of the molecule is COc1ccc(NC(=O)CSc2nnc3n(CC(C)C)c(=O)c4sccc4n23)cc1. The number of aromatic nitrogens is 4. The van der Waals surface area contributed by atoms with Gasteiger partial charge in [0.05, 0.1) is 18.4 Å².